The molecule has 0 spiro atoms. The monoisotopic (exact) mass is 340 g/mol. The van der Waals surface area contributed by atoms with E-state index in [1.54, 1.807) is 18.2 Å². The van der Waals surface area contributed by atoms with Gasteiger partial charge in [-0.2, -0.15) is 0 Å². The first kappa shape index (κ1) is 17.7. The van der Waals surface area contributed by atoms with Gasteiger partial charge in [-0.25, -0.2) is 4.79 Å². The fourth-order valence-electron chi connectivity index (χ4n) is 2.55. The van der Waals surface area contributed by atoms with E-state index in [1.807, 2.05) is 20.8 Å². The average Bonchev–Trinajstić information content (AvgIpc) is 2.42. The number of hydrogen-bond donors (Lipinski definition) is 2. The lowest BCUT2D eigenvalue weighted by molar-refractivity contribution is 0.0394. The fourth-order valence-corrected chi connectivity index (χ4v) is 2.78. The van der Waals surface area contributed by atoms with E-state index in [1.165, 1.54) is 0 Å². The van der Waals surface area contributed by atoms with E-state index in [0.29, 0.717) is 16.5 Å². The standard InChI is InChI=1S/C17H25ClN2O3/c1-17(2,3)20-16(21)23-13-7-5-12(6-8-13)22-15-9-4-11(19)10-14(15)18/h4,9-10,12-13H,5-8,19H2,1-3H3,(H,20,21). The van der Waals surface area contributed by atoms with Crippen molar-refractivity contribution in [3.8, 4) is 5.75 Å². The van der Waals surface area contributed by atoms with Crippen LogP contribution in [0.2, 0.25) is 5.02 Å². The predicted octanol–water partition coefficient (Wildman–Crippen LogP) is 4.14. The molecule has 1 aromatic rings. The van der Waals surface area contributed by atoms with Gasteiger partial charge < -0.3 is 20.5 Å². The van der Waals surface area contributed by atoms with Crippen LogP contribution in [0.25, 0.3) is 0 Å². The van der Waals surface area contributed by atoms with E-state index >= 15 is 0 Å². The van der Waals surface area contributed by atoms with Gasteiger partial charge in [0.1, 0.15) is 11.9 Å². The first-order valence-electron chi connectivity index (χ1n) is 7.93. The third-order valence-corrected chi connectivity index (χ3v) is 3.92. The lowest BCUT2D eigenvalue weighted by atomic mass is 9.95. The third kappa shape index (κ3) is 5.82. The number of alkyl carbamates (subject to hydrolysis) is 1. The van der Waals surface area contributed by atoms with Gasteiger partial charge in [-0.15, -0.1) is 0 Å². The van der Waals surface area contributed by atoms with E-state index in [0.717, 1.165) is 25.7 Å². The number of nitrogens with one attached hydrogen (secondary N) is 1. The SMILES string of the molecule is CC(C)(C)NC(=O)OC1CCC(Oc2ccc(N)cc2Cl)CC1. The van der Waals surface area contributed by atoms with Crippen molar-refractivity contribution in [2.75, 3.05) is 5.73 Å². The van der Waals surface area contributed by atoms with Gasteiger partial charge in [0.05, 0.1) is 11.1 Å². The van der Waals surface area contributed by atoms with Crippen LogP contribution >= 0.6 is 11.6 Å². The zero-order chi connectivity index (χ0) is 17.0. The van der Waals surface area contributed by atoms with Crippen LogP contribution in [0.5, 0.6) is 5.75 Å². The van der Waals surface area contributed by atoms with Crippen molar-refractivity contribution in [1.29, 1.82) is 0 Å². The Labute approximate surface area is 142 Å². The summed E-state index contributed by atoms with van der Waals surface area (Å²) in [5.74, 6) is 0.649. The largest absolute Gasteiger partial charge is 0.489 e. The lowest BCUT2D eigenvalue weighted by Gasteiger charge is -2.30. The summed E-state index contributed by atoms with van der Waals surface area (Å²) in [5.41, 5.74) is 6.00. The maximum atomic E-state index is 11.8. The summed E-state index contributed by atoms with van der Waals surface area (Å²) in [4.78, 5) is 11.8. The molecule has 0 radical (unpaired) electrons. The van der Waals surface area contributed by atoms with E-state index in [4.69, 9.17) is 26.8 Å². The molecule has 1 aromatic carbocycles. The van der Waals surface area contributed by atoms with Crippen LogP contribution in [0.15, 0.2) is 18.2 Å². The van der Waals surface area contributed by atoms with Gasteiger partial charge in [-0.05, 0) is 64.7 Å². The number of carbonyl (C=O) groups excluding carboxylic acids is 1. The molecule has 0 saturated heterocycles. The number of carbonyl (C=O) groups is 1. The molecular formula is C17H25ClN2O3. The van der Waals surface area contributed by atoms with Crippen LogP contribution < -0.4 is 15.8 Å². The van der Waals surface area contributed by atoms with E-state index in [-0.39, 0.29) is 23.8 Å². The topological polar surface area (TPSA) is 73.6 Å². The molecule has 23 heavy (non-hydrogen) atoms. The van der Waals surface area contributed by atoms with Crippen molar-refractivity contribution >= 4 is 23.4 Å². The van der Waals surface area contributed by atoms with Crippen molar-refractivity contribution in [2.45, 2.75) is 64.2 Å². The zero-order valence-corrected chi connectivity index (χ0v) is 14.7. The molecule has 5 nitrogen and oxygen atoms in total. The molecule has 128 valence electrons. The Morgan fingerprint density at radius 3 is 2.39 bits per heavy atom. The summed E-state index contributed by atoms with van der Waals surface area (Å²) in [6.07, 6.45) is 2.90. The van der Waals surface area contributed by atoms with Gasteiger partial charge in [0.15, 0.2) is 0 Å². The molecular weight excluding hydrogens is 316 g/mol. The number of nitrogens with two attached hydrogens (primary N) is 1. The Bertz CT molecular complexity index is 549. The summed E-state index contributed by atoms with van der Waals surface area (Å²) >= 11 is 6.13. The number of rotatable bonds is 3. The molecule has 0 unspecified atom stereocenters. The third-order valence-electron chi connectivity index (χ3n) is 3.62. The summed E-state index contributed by atoms with van der Waals surface area (Å²) in [6, 6.07) is 5.24. The Morgan fingerprint density at radius 1 is 1.22 bits per heavy atom. The minimum Gasteiger partial charge on any atom is -0.489 e. The molecule has 6 heteroatoms. The summed E-state index contributed by atoms with van der Waals surface area (Å²) in [6.45, 7) is 5.78. The van der Waals surface area contributed by atoms with Gasteiger partial charge in [-0.1, -0.05) is 11.6 Å². The number of hydrogen-bond acceptors (Lipinski definition) is 4. The smallest absolute Gasteiger partial charge is 0.407 e. The highest BCUT2D eigenvalue weighted by molar-refractivity contribution is 6.32. The van der Waals surface area contributed by atoms with Crippen molar-refractivity contribution in [1.82, 2.24) is 5.32 Å². The maximum Gasteiger partial charge on any atom is 0.407 e. The quantitative estimate of drug-likeness (QED) is 0.811. The van der Waals surface area contributed by atoms with Crippen molar-refractivity contribution < 1.29 is 14.3 Å². The van der Waals surface area contributed by atoms with Crippen LogP contribution in [0.3, 0.4) is 0 Å². The molecule has 1 saturated carbocycles. The second kappa shape index (κ2) is 7.30. The van der Waals surface area contributed by atoms with Crippen LogP contribution in [-0.2, 0) is 4.74 Å². The molecule has 1 amide bonds. The number of halogens is 1. The molecule has 0 aliphatic heterocycles. The minimum absolute atomic E-state index is 0.0564. The highest BCUT2D eigenvalue weighted by atomic mass is 35.5. The van der Waals surface area contributed by atoms with Crippen LogP contribution in [0.1, 0.15) is 46.5 Å². The highest BCUT2D eigenvalue weighted by Crippen LogP contribution is 2.31. The maximum absolute atomic E-state index is 11.8. The first-order chi connectivity index (χ1) is 10.7. The van der Waals surface area contributed by atoms with Crippen LogP contribution in [-0.4, -0.2) is 23.8 Å². The summed E-state index contributed by atoms with van der Waals surface area (Å²) in [5, 5.41) is 3.33. The highest BCUT2D eigenvalue weighted by Gasteiger charge is 2.26. The summed E-state index contributed by atoms with van der Waals surface area (Å²) < 4.78 is 11.4. The van der Waals surface area contributed by atoms with E-state index < -0.39 is 0 Å². The molecule has 0 atom stereocenters. The van der Waals surface area contributed by atoms with Crippen molar-refractivity contribution in [3.05, 3.63) is 23.2 Å². The molecule has 0 bridgehead atoms. The number of amides is 1. The number of nitrogen functional groups attached to an aromatic ring is 1. The average molecular weight is 341 g/mol. The molecule has 2 rings (SSSR count). The van der Waals surface area contributed by atoms with Gasteiger partial charge >= 0.3 is 6.09 Å². The van der Waals surface area contributed by atoms with Gasteiger partial charge in [0.2, 0.25) is 0 Å². The molecule has 3 N–H and O–H groups in total. The Balaban J connectivity index is 1.79. The second-order valence-electron chi connectivity index (χ2n) is 6.99. The molecule has 0 heterocycles. The van der Waals surface area contributed by atoms with Crippen molar-refractivity contribution in [3.63, 3.8) is 0 Å². The normalized spacial score (nSPS) is 21.6. The predicted molar refractivity (Wildman–Crippen MR) is 91.9 cm³/mol. The van der Waals surface area contributed by atoms with E-state index in [9.17, 15) is 4.79 Å². The molecule has 1 aliphatic carbocycles. The van der Waals surface area contributed by atoms with Gasteiger partial charge in [-0.3, -0.25) is 0 Å². The Hall–Kier alpha value is -1.62. The molecule has 0 aromatic heterocycles. The fraction of sp³-hybridized carbons (Fsp3) is 0.588. The summed E-state index contributed by atoms with van der Waals surface area (Å²) in [7, 11) is 0. The first-order valence-corrected chi connectivity index (χ1v) is 8.31. The molecule has 1 fully saturated rings. The number of benzene rings is 1. The number of anilines is 1. The van der Waals surface area contributed by atoms with E-state index in [2.05, 4.69) is 5.32 Å². The Morgan fingerprint density at radius 2 is 1.83 bits per heavy atom. The minimum atomic E-state index is -0.358. The lowest BCUT2D eigenvalue weighted by Crippen LogP contribution is -2.43. The van der Waals surface area contributed by atoms with Crippen LogP contribution in [0, 0.1) is 0 Å². The van der Waals surface area contributed by atoms with Crippen LogP contribution in [0.4, 0.5) is 10.5 Å². The van der Waals surface area contributed by atoms with Gasteiger partial charge in [0.25, 0.3) is 0 Å². The number of ether oxygens (including phenoxy) is 2. The second-order valence-corrected chi connectivity index (χ2v) is 7.39. The molecule has 1 aliphatic rings. The zero-order valence-electron chi connectivity index (χ0n) is 13.9. The van der Waals surface area contributed by atoms with Gasteiger partial charge in [0, 0.05) is 11.2 Å². The van der Waals surface area contributed by atoms with Crippen molar-refractivity contribution in [2.24, 2.45) is 0 Å². The Kier molecular flexibility index (Phi) is 5.63.